The fourth-order valence-corrected chi connectivity index (χ4v) is 1.98. The molecule has 0 heterocycles. The van der Waals surface area contributed by atoms with Crippen LogP contribution in [0.3, 0.4) is 0 Å². The van der Waals surface area contributed by atoms with Crippen LogP contribution in [0.2, 0.25) is 0 Å². The van der Waals surface area contributed by atoms with Crippen LogP contribution < -0.4 is 2.64 Å². The molecule has 0 fully saturated rings. The summed E-state index contributed by atoms with van der Waals surface area (Å²) in [6.45, 7) is 2.06. The zero-order valence-corrected chi connectivity index (χ0v) is 11.4. The Morgan fingerprint density at radius 3 is 2.30 bits per heavy atom. The zero-order valence-electron chi connectivity index (χ0n) is 5.92. The van der Waals surface area contributed by atoms with Gasteiger partial charge in [-0.3, -0.25) is 0 Å². The maximum Gasteiger partial charge on any atom is -0.412 e. The molecule has 0 aliphatic rings. The summed E-state index contributed by atoms with van der Waals surface area (Å²) < 4.78 is 5.24. The molecule has 0 radical (unpaired) electrons. The van der Waals surface area contributed by atoms with Gasteiger partial charge in [-0.2, -0.15) is 0 Å². The summed E-state index contributed by atoms with van der Waals surface area (Å²) in [5, 5.41) is 0. The topological polar surface area (TPSA) is 40.7 Å². The van der Waals surface area contributed by atoms with E-state index in [9.17, 15) is 0 Å². The fourth-order valence-electron chi connectivity index (χ4n) is 0.718. The minimum absolute atomic E-state index is 0. The molecule has 2 nitrogen and oxygen atoms in total. The number of para-hydroxylation sites is 1. The van der Waals surface area contributed by atoms with Gasteiger partial charge in [-0.05, 0) is 0 Å². The van der Waals surface area contributed by atoms with Gasteiger partial charge in [-0.25, -0.2) is 0 Å². The first-order valence-electron chi connectivity index (χ1n) is 2.82. The number of hydrogen-bond donors (Lipinski definition) is 0. The normalized spacial score (nSPS) is 8.30. The SMILES string of the molecule is Cc1ccccc1[O][Hg].O. The Morgan fingerprint density at radius 1 is 1.30 bits per heavy atom. The van der Waals surface area contributed by atoms with Gasteiger partial charge in [0.15, 0.2) is 0 Å². The molecule has 2 N–H and O–H groups in total. The monoisotopic (exact) mass is 327 g/mol. The summed E-state index contributed by atoms with van der Waals surface area (Å²) in [5.41, 5.74) is 1.23. The molecule has 0 amide bonds. The Labute approximate surface area is 77.2 Å². The minimum atomic E-state index is 0. The van der Waals surface area contributed by atoms with Crippen molar-refractivity contribution < 1.29 is 34.7 Å². The van der Waals surface area contributed by atoms with Crippen LogP contribution in [-0.2, 0) is 26.6 Å². The molecule has 0 aliphatic carbocycles. The third kappa shape index (κ3) is 2.27. The van der Waals surface area contributed by atoms with Crippen molar-refractivity contribution in [2.24, 2.45) is 0 Å². The molecular formula is C7H9HgO2. The maximum absolute atomic E-state index is 5.24. The number of rotatable bonds is 1. The van der Waals surface area contributed by atoms with Crippen molar-refractivity contribution in [3.8, 4) is 5.75 Å². The van der Waals surface area contributed by atoms with Gasteiger partial charge in [0.1, 0.15) is 0 Å². The first-order valence-corrected chi connectivity index (χ1v) is 5.06. The van der Waals surface area contributed by atoms with E-state index in [0.29, 0.717) is 26.6 Å². The second-order valence-electron chi connectivity index (χ2n) is 1.91. The molecule has 3 heteroatoms. The van der Waals surface area contributed by atoms with Crippen LogP contribution in [0.5, 0.6) is 5.75 Å². The smallest absolute Gasteiger partial charge is 0.412 e. The average Bonchev–Trinajstić information content (AvgIpc) is 1.89. The Bertz CT molecular complexity index is 201. The van der Waals surface area contributed by atoms with Crippen molar-refractivity contribution in [1.82, 2.24) is 0 Å². The van der Waals surface area contributed by atoms with Gasteiger partial charge in [0, 0.05) is 0 Å². The standard InChI is InChI=1S/C7H8O.Hg.H2O/c1-6-4-2-3-5-7(6)8;;/h2-5,8H,1H3;;1H2/q;+1;/p-1. The van der Waals surface area contributed by atoms with Gasteiger partial charge in [0.05, 0.1) is 0 Å². The second kappa shape index (κ2) is 4.69. The van der Waals surface area contributed by atoms with E-state index < -0.39 is 0 Å². The van der Waals surface area contributed by atoms with E-state index in [4.69, 9.17) is 2.64 Å². The fraction of sp³-hybridized carbons (Fsp3) is 0.143. The van der Waals surface area contributed by atoms with E-state index in [1.54, 1.807) is 0 Å². The molecule has 0 aliphatic heterocycles. The van der Waals surface area contributed by atoms with Crippen LogP contribution in [0.4, 0.5) is 0 Å². The first-order chi connectivity index (χ1) is 4.34. The Morgan fingerprint density at radius 2 is 1.90 bits per heavy atom. The molecule has 0 unspecified atom stereocenters. The zero-order chi connectivity index (χ0) is 6.69. The summed E-state index contributed by atoms with van der Waals surface area (Å²) in [6.07, 6.45) is 0. The number of hydrogen-bond acceptors (Lipinski definition) is 1. The molecule has 0 bridgehead atoms. The molecule has 0 aromatic heterocycles. The summed E-state index contributed by atoms with van der Waals surface area (Å²) in [7, 11) is 0. The van der Waals surface area contributed by atoms with E-state index in [2.05, 4.69) is 13.0 Å². The van der Waals surface area contributed by atoms with Gasteiger partial charge >= 0.3 is 71.7 Å². The van der Waals surface area contributed by atoms with Gasteiger partial charge in [-0.1, -0.05) is 0 Å². The average molecular weight is 326 g/mol. The first kappa shape index (κ1) is 9.92. The third-order valence-electron chi connectivity index (χ3n) is 1.25. The quantitative estimate of drug-likeness (QED) is 0.711. The molecule has 1 aromatic carbocycles. The molecule has 0 atom stereocenters. The largest absolute Gasteiger partial charge is 0.412 e. The number of aryl methyl sites for hydroxylation is 1. The van der Waals surface area contributed by atoms with Crippen molar-refractivity contribution in [2.75, 3.05) is 0 Å². The second-order valence-corrected chi connectivity index (χ2v) is 3.03. The Hall–Kier alpha value is -0.0849. The van der Waals surface area contributed by atoms with E-state index in [-0.39, 0.29) is 5.48 Å². The molecular weight excluding hydrogens is 317 g/mol. The van der Waals surface area contributed by atoms with Crippen LogP contribution in [0, 0.1) is 6.92 Å². The maximum atomic E-state index is 5.24. The molecule has 10 heavy (non-hydrogen) atoms. The van der Waals surface area contributed by atoms with E-state index in [1.807, 2.05) is 18.2 Å². The third-order valence-corrected chi connectivity index (χ3v) is 2.46. The van der Waals surface area contributed by atoms with Crippen molar-refractivity contribution in [3.05, 3.63) is 29.8 Å². The number of benzene rings is 1. The molecule has 1 rings (SSSR count). The van der Waals surface area contributed by atoms with Crippen molar-refractivity contribution in [1.29, 1.82) is 0 Å². The predicted octanol–water partition coefficient (Wildman–Crippen LogP) is 1.01. The van der Waals surface area contributed by atoms with Crippen LogP contribution in [0.25, 0.3) is 0 Å². The van der Waals surface area contributed by atoms with Crippen molar-refractivity contribution >= 4 is 0 Å². The summed E-state index contributed by atoms with van der Waals surface area (Å²) >= 11 is 0.412. The van der Waals surface area contributed by atoms with E-state index in [0.717, 1.165) is 5.75 Å². The van der Waals surface area contributed by atoms with Crippen molar-refractivity contribution in [3.63, 3.8) is 0 Å². The predicted molar refractivity (Wildman–Crippen MR) is 35.4 cm³/mol. The summed E-state index contributed by atoms with van der Waals surface area (Å²) in [6, 6.07) is 8.07. The van der Waals surface area contributed by atoms with Crippen molar-refractivity contribution in [2.45, 2.75) is 6.92 Å². The van der Waals surface area contributed by atoms with Crippen LogP contribution in [0.1, 0.15) is 5.56 Å². The molecule has 0 saturated heterocycles. The summed E-state index contributed by atoms with van der Waals surface area (Å²) in [5.74, 6) is 1.04. The molecule has 1 aromatic rings. The Balaban J connectivity index is 0.000000810. The van der Waals surface area contributed by atoms with Gasteiger partial charge in [0.2, 0.25) is 0 Å². The molecule has 0 saturated carbocycles. The molecule has 0 spiro atoms. The van der Waals surface area contributed by atoms with Crippen LogP contribution >= 0.6 is 0 Å². The van der Waals surface area contributed by atoms with Gasteiger partial charge in [0.25, 0.3) is 0 Å². The minimum Gasteiger partial charge on any atom is -0.412 e. The van der Waals surface area contributed by atoms with Gasteiger partial charge in [-0.15, -0.1) is 0 Å². The molecule has 51 valence electrons. The summed E-state index contributed by atoms with van der Waals surface area (Å²) in [4.78, 5) is 0. The van der Waals surface area contributed by atoms with E-state index in [1.165, 1.54) is 5.56 Å². The Kier molecular flexibility index (Phi) is 4.65. The van der Waals surface area contributed by atoms with Crippen LogP contribution in [-0.4, -0.2) is 5.48 Å². The van der Waals surface area contributed by atoms with Gasteiger partial charge < -0.3 is 5.48 Å². The van der Waals surface area contributed by atoms with Crippen LogP contribution in [0.15, 0.2) is 24.3 Å². The van der Waals surface area contributed by atoms with E-state index >= 15 is 0 Å².